The molecule has 0 fully saturated rings. The number of sulfonamides is 1. The molecule has 2 aromatic carbocycles. The normalized spacial score (nSPS) is 11.0. The fourth-order valence-corrected chi connectivity index (χ4v) is 2.83. The second kappa shape index (κ2) is 7.95. The Morgan fingerprint density at radius 3 is 2.36 bits per heavy atom. The first-order valence-corrected chi connectivity index (χ1v) is 9.69. The number of carbonyl (C=O) groups excluding carboxylic acids is 1. The molecule has 25 heavy (non-hydrogen) atoms. The molecule has 0 unspecified atom stereocenters. The van der Waals surface area contributed by atoms with Crippen LogP contribution in [0.4, 0.5) is 11.4 Å². The number of nitrogens with zero attached hydrogens (tertiary/aromatic N) is 1. The van der Waals surface area contributed by atoms with E-state index in [1.165, 1.54) is 13.1 Å². The maximum Gasteiger partial charge on any atom is 0.262 e. The summed E-state index contributed by atoms with van der Waals surface area (Å²) < 4.78 is 29.5. The van der Waals surface area contributed by atoms with Gasteiger partial charge in [-0.2, -0.15) is 0 Å². The van der Waals surface area contributed by atoms with E-state index in [2.05, 4.69) is 5.32 Å². The summed E-state index contributed by atoms with van der Waals surface area (Å²) in [4.78, 5) is 11.9. The van der Waals surface area contributed by atoms with Gasteiger partial charge in [-0.1, -0.05) is 23.2 Å². The Morgan fingerprint density at radius 2 is 1.80 bits per heavy atom. The van der Waals surface area contributed by atoms with Gasteiger partial charge in [-0.05, 0) is 42.5 Å². The number of rotatable bonds is 6. The van der Waals surface area contributed by atoms with Crippen molar-refractivity contribution in [1.82, 2.24) is 0 Å². The molecule has 2 rings (SSSR count). The number of carbonyl (C=O) groups is 1. The highest BCUT2D eigenvalue weighted by Gasteiger charge is 2.12. The lowest BCUT2D eigenvalue weighted by Gasteiger charge is -2.16. The molecule has 1 amide bonds. The van der Waals surface area contributed by atoms with E-state index in [4.69, 9.17) is 27.9 Å². The molecule has 0 spiro atoms. The molecule has 0 aliphatic heterocycles. The van der Waals surface area contributed by atoms with Crippen molar-refractivity contribution >= 4 is 50.5 Å². The summed E-state index contributed by atoms with van der Waals surface area (Å²) in [5.74, 6) is 0.0459. The third kappa shape index (κ3) is 5.52. The molecule has 0 saturated heterocycles. The SMILES string of the molecule is CN(c1ccc(OCC(=O)Nc2ccc(Cl)cc2Cl)cc1)S(C)(=O)=O. The topological polar surface area (TPSA) is 75.7 Å². The van der Waals surface area contributed by atoms with E-state index >= 15 is 0 Å². The van der Waals surface area contributed by atoms with Gasteiger partial charge in [-0.15, -0.1) is 0 Å². The number of hydrogen-bond acceptors (Lipinski definition) is 4. The Morgan fingerprint density at radius 1 is 1.16 bits per heavy atom. The van der Waals surface area contributed by atoms with Crippen molar-refractivity contribution in [2.45, 2.75) is 0 Å². The molecule has 0 aliphatic carbocycles. The maximum atomic E-state index is 11.9. The zero-order valence-electron chi connectivity index (χ0n) is 13.5. The Bertz CT molecular complexity index is 870. The van der Waals surface area contributed by atoms with Crippen molar-refractivity contribution in [3.05, 3.63) is 52.5 Å². The zero-order chi connectivity index (χ0) is 18.6. The van der Waals surface area contributed by atoms with Gasteiger partial charge in [0.05, 0.1) is 22.7 Å². The second-order valence-corrected chi connectivity index (χ2v) is 8.04. The highest BCUT2D eigenvalue weighted by Crippen LogP contribution is 2.25. The summed E-state index contributed by atoms with van der Waals surface area (Å²) in [6, 6.07) is 11.1. The number of nitrogens with one attached hydrogen (secondary N) is 1. The molecule has 2 aromatic rings. The number of hydrogen-bond donors (Lipinski definition) is 1. The van der Waals surface area contributed by atoms with Gasteiger partial charge >= 0.3 is 0 Å². The molecule has 134 valence electrons. The molecule has 0 aromatic heterocycles. The van der Waals surface area contributed by atoms with Crippen molar-refractivity contribution in [3.8, 4) is 5.75 Å². The van der Waals surface area contributed by atoms with E-state index < -0.39 is 10.0 Å². The van der Waals surface area contributed by atoms with Gasteiger partial charge in [0.1, 0.15) is 5.75 Å². The molecule has 0 heterocycles. The highest BCUT2D eigenvalue weighted by molar-refractivity contribution is 7.92. The third-order valence-electron chi connectivity index (χ3n) is 3.27. The molecule has 0 bridgehead atoms. The summed E-state index contributed by atoms with van der Waals surface area (Å²) >= 11 is 11.8. The summed E-state index contributed by atoms with van der Waals surface area (Å²) in [6.07, 6.45) is 1.11. The number of ether oxygens (including phenoxy) is 1. The van der Waals surface area contributed by atoms with Crippen LogP contribution >= 0.6 is 23.2 Å². The van der Waals surface area contributed by atoms with Crippen LogP contribution in [0.2, 0.25) is 10.0 Å². The molecular weight excluding hydrogens is 387 g/mol. The van der Waals surface area contributed by atoms with Crippen LogP contribution in [-0.4, -0.2) is 34.2 Å². The van der Waals surface area contributed by atoms with Gasteiger partial charge in [-0.3, -0.25) is 9.10 Å². The largest absolute Gasteiger partial charge is 0.484 e. The molecule has 1 N–H and O–H groups in total. The zero-order valence-corrected chi connectivity index (χ0v) is 15.8. The van der Waals surface area contributed by atoms with Crippen LogP contribution in [0, 0.1) is 0 Å². The standard InChI is InChI=1S/C16H16Cl2N2O4S/c1-20(25(2,22)23)12-4-6-13(7-5-12)24-10-16(21)19-15-8-3-11(17)9-14(15)18/h3-9H,10H2,1-2H3,(H,19,21). The van der Waals surface area contributed by atoms with Gasteiger partial charge in [0.15, 0.2) is 6.61 Å². The molecule has 9 heteroatoms. The van der Waals surface area contributed by atoms with Gasteiger partial charge in [0.2, 0.25) is 10.0 Å². The van der Waals surface area contributed by atoms with Crippen LogP contribution in [0.1, 0.15) is 0 Å². The minimum atomic E-state index is -3.33. The summed E-state index contributed by atoms with van der Waals surface area (Å²) in [5.41, 5.74) is 0.928. The predicted molar refractivity (Wildman–Crippen MR) is 100 cm³/mol. The lowest BCUT2D eigenvalue weighted by molar-refractivity contribution is -0.118. The fraction of sp³-hybridized carbons (Fsp3) is 0.188. The minimum absolute atomic E-state index is 0.222. The maximum absolute atomic E-state index is 11.9. The Hall–Kier alpha value is -1.96. The lowest BCUT2D eigenvalue weighted by atomic mass is 10.3. The van der Waals surface area contributed by atoms with E-state index in [-0.39, 0.29) is 12.5 Å². The first kappa shape index (κ1) is 19.4. The molecular formula is C16H16Cl2N2O4S. The highest BCUT2D eigenvalue weighted by atomic mass is 35.5. The Balaban J connectivity index is 1.93. The lowest BCUT2D eigenvalue weighted by Crippen LogP contribution is -2.24. The Labute approximate surface area is 156 Å². The third-order valence-corrected chi connectivity index (χ3v) is 5.03. The van der Waals surface area contributed by atoms with Crippen molar-refractivity contribution in [1.29, 1.82) is 0 Å². The van der Waals surface area contributed by atoms with Crippen molar-refractivity contribution in [2.75, 3.05) is 29.5 Å². The summed E-state index contributed by atoms with van der Waals surface area (Å²) in [5, 5.41) is 3.41. The van der Waals surface area contributed by atoms with Crippen LogP contribution < -0.4 is 14.4 Å². The van der Waals surface area contributed by atoms with E-state index in [9.17, 15) is 13.2 Å². The van der Waals surface area contributed by atoms with Crippen molar-refractivity contribution in [3.63, 3.8) is 0 Å². The Kier molecular flexibility index (Phi) is 6.16. The number of amides is 1. The molecule has 0 saturated carbocycles. The second-order valence-electron chi connectivity index (χ2n) is 5.19. The first-order valence-electron chi connectivity index (χ1n) is 7.08. The predicted octanol–water partition coefficient (Wildman–Crippen LogP) is 3.41. The molecule has 0 radical (unpaired) electrons. The van der Waals surface area contributed by atoms with Crippen LogP contribution in [0.15, 0.2) is 42.5 Å². The van der Waals surface area contributed by atoms with E-state index in [1.54, 1.807) is 36.4 Å². The molecule has 0 atom stereocenters. The van der Waals surface area contributed by atoms with Gasteiger partial charge in [0.25, 0.3) is 5.91 Å². The molecule has 0 aliphatic rings. The van der Waals surface area contributed by atoms with Crippen molar-refractivity contribution in [2.24, 2.45) is 0 Å². The summed E-state index contributed by atoms with van der Waals surface area (Å²) in [7, 11) is -1.88. The van der Waals surface area contributed by atoms with E-state index in [0.29, 0.717) is 27.2 Å². The van der Waals surface area contributed by atoms with E-state index in [1.807, 2.05) is 0 Å². The smallest absolute Gasteiger partial charge is 0.262 e. The van der Waals surface area contributed by atoms with Crippen LogP contribution in [-0.2, 0) is 14.8 Å². The quantitative estimate of drug-likeness (QED) is 0.802. The van der Waals surface area contributed by atoms with E-state index in [0.717, 1.165) is 10.6 Å². The summed E-state index contributed by atoms with van der Waals surface area (Å²) in [6.45, 7) is -0.222. The minimum Gasteiger partial charge on any atom is -0.484 e. The number of benzene rings is 2. The van der Waals surface area contributed by atoms with Crippen molar-refractivity contribution < 1.29 is 17.9 Å². The van der Waals surface area contributed by atoms with Gasteiger partial charge < -0.3 is 10.1 Å². The van der Waals surface area contributed by atoms with Crippen LogP contribution in [0.5, 0.6) is 5.75 Å². The van der Waals surface area contributed by atoms with Crippen LogP contribution in [0.3, 0.4) is 0 Å². The average molecular weight is 403 g/mol. The number of anilines is 2. The fourth-order valence-electron chi connectivity index (χ4n) is 1.87. The van der Waals surface area contributed by atoms with Gasteiger partial charge in [0, 0.05) is 12.1 Å². The average Bonchev–Trinajstić information content (AvgIpc) is 2.54. The monoisotopic (exact) mass is 402 g/mol. The number of halogens is 2. The van der Waals surface area contributed by atoms with Crippen LogP contribution in [0.25, 0.3) is 0 Å². The molecule has 6 nitrogen and oxygen atoms in total. The first-order chi connectivity index (χ1) is 11.7. The van der Waals surface area contributed by atoms with Gasteiger partial charge in [-0.25, -0.2) is 8.42 Å².